The number of ether oxygens (including phenoxy) is 3. The summed E-state index contributed by atoms with van der Waals surface area (Å²) < 4.78 is 17.8. The van der Waals surface area contributed by atoms with Crippen LogP contribution in [0.5, 0.6) is 0 Å². The van der Waals surface area contributed by atoms with Gasteiger partial charge < -0.3 is 14.2 Å². The van der Waals surface area contributed by atoms with Crippen LogP contribution in [-0.4, -0.2) is 25.1 Å². The van der Waals surface area contributed by atoms with Crippen LogP contribution in [0.25, 0.3) is 0 Å². The van der Waals surface area contributed by atoms with Gasteiger partial charge in [-0.3, -0.25) is 0 Å². The number of hydrogen-bond donors (Lipinski definition) is 0. The SMILES string of the molecule is CCC[C@@H]1OC(C#Cc2ccccc2)O[C@@H]1COCc1ccccc1. The van der Waals surface area contributed by atoms with Gasteiger partial charge in [-0.15, -0.1) is 0 Å². The van der Waals surface area contributed by atoms with E-state index < -0.39 is 6.29 Å². The lowest BCUT2D eigenvalue weighted by molar-refractivity contribution is -0.0378. The number of rotatable bonds is 6. The van der Waals surface area contributed by atoms with E-state index in [1.165, 1.54) is 0 Å². The maximum absolute atomic E-state index is 5.97. The molecule has 1 unspecified atom stereocenters. The summed E-state index contributed by atoms with van der Waals surface area (Å²) in [6.07, 6.45) is 1.47. The van der Waals surface area contributed by atoms with Gasteiger partial charge in [0.2, 0.25) is 6.29 Å². The molecule has 1 saturated heterocycles. The highest BCUT2D eigenvalue weighted by Crippen LogP contribution is 2.23. The van der Waals surface area contributed by atoms with E-state index in [2.05, 4.69) is 30.9 Å². The molecule has 3 atom stereocenters. The third-order valence-corrected chi connectivity index (χ3v) is 4.09. The van der Waals surface area contributed by atoms with Crippen molar-refractivity contribution in [3.05, 3.63) is 71.8 Å². The van der Waals surface area contributed by atoms with E-state index in [4.69, 9.17) is 14.2 Å². The minimum atomic E-state index is -0.484. The first-order valence-electron chi connectivity index (χ1n) is 8.84. The molecule has 3 nitrogen and oxygen atoms in total. The van der Waals surface area contributed by atoms with Gasteiger partial charge in [0.25, 0.3) is 0 Å². The third-order valence-electron chi connectivity index (χ3n) is 4.09. The van der Waals surface area contributed by atoms with E-state index in [1.807, 2.05) is 48.5 Å². The summed E-state index contributed by atoms with van der Waals surface area (Å²) >= 11 is 0. The molecule has 0 N–H and O–H groups in total. The Morgan fingerprint density at radius 2 is 1.60 bits per heavy atom. The van der Waals surface area contributed by atoms with Crippen LogP contribution in [0, 0.1) is 11.8 Å². The molecule has 0 amide bonds. The number of hydrogen-bond acceptors (Lipinski definition) is 3. The van der Waals surface area contributed by atoms with Gasteiger partial charge in [-0.05, 0) is 30.0 Å². The van der Waals surface area contributed by atoms with Gasteiger partial charge in [0.05, 0.1) is 19.3 Å². The average Bonchev–Trinajstić information content (AvgIpc) is 3.04. The van der Waals surface area contributed by atoms with E-state index in [9.17, 15) is 0 Å². The van der Waals surface area contributed by atoms with Gasteiger partial charge in [0.15, 0.2) is 0 Å². The van der Waals surface area contributed by atoms with Crippen molar-refractivity contribution in [1.82, 2.24) is 0 Å². The van der Waals surface area contributed by atoms with Gasteiger partial charge in [-0.1, -0.05) is 67.8 Å². The predicted octanol–water partition coefficient (Wildman–Crippen LogP) is 4.17. The molecule has 0 saturated carbocycles. The van der Waals surface area contributed by atoms with Crippen molar-refractivity contribution in [1.29, 1.82) is 0 Å². The Morgan fingerprint density at radius 1 is 0.920 bits per heavy atom. The maximum atomic E-state index is 5.97. The average molecular weight is 336 g/mol. The first-order chi connectivity index (χ1) is 12.3. The third kappa shape index (κ3) is 5.44. The molecule has 0 bridgehead atoms. The van der Waals surface area contributed by atoms with Crippen molar-refractivity contribution in [3.63, 3.8) is 0 Å². The summed E-state index contributed by atoms with van der Waals surface area (Å²) in [5, 5.41) is 0. The summed E-state index contributed by atoms with van der Waals surface area (Å²) in [6.45, 7) is 3.25. The molecule has 2 aromatic rings. The predicted molar refractivity (Wildman–Crippen MR) is 97.9 cm³/mol. The first kappa shape index (κ1) is 17.7. The summed E-state index contributed by atoms with van der Waals surface area (Å²) in [5.41, 5.74) is 2.12. The molecule has 0 radical (unpaired) electrons. The summed E-state index contributed by atoms with van der Waals surface area (Å²) in [6, 6.07) is 20.0. The van der Waals surface area contributed by atoms with Gasteiger partial charge >= 0.3 is 0 Å². The largest absolute Gasteiger partial charge is 0.374 e. The molecule has 130 valence electrons. The minimum Gasteiger partial charge on any atom is -0.374 e. The normalized spacial score (nSPS) is 22.4. The van der Waals surface area contributed by atoms with Crippen molar-refractivity contribution < 1.29 is 14.2 Å². The molecular formula is C22H24O3. The first-order valence-corrected chi connectivity index (χ1v) is 8.84. The highest BCUT2D eigenvalue weighted by Gasteiger charge is 2.34. The van der Waals surface area contributed by atoms with Crippen LogP contribution >= 0.6 is 0 Å². The van der Waals surface area contributed by atoms with Crippen LogP contribution in [0.1, 0.15) is 30.9 Å². The molecule has 0 aromatic heterocycles. The van der Waals surface area contributed by atoms with E-state index in [0.717, 1.165) is 24.0 Å². The Bertz CT molecular complexity index is 687. The molecule has 2 aromatic carbocycles. The minimum absolute atomic E-state index is 0.0378. The number of benzene rings is 2. The molecule has 1 fully saturated rings. The van der Waals surface area contributed by atoms with Gasteiger partial charge in [0.1, 0.15) is 6.10 Å². The van der Waals surface area contributed by atoms with E-state index in [0.29, 0.717) is 13.2 Å². The fraction of sp³-hybridized carbons (Fsp3) is 0.364. The Labute approximate surface area is 149 Å². The molecule has 25 heavy (non-hydrogen) atoms. The fourth-order valence-corrected chi connectivity index (χ4v) is 2.81. The zero-order valence-corrected chi connectivity index (χ0v) is 14.6. The zero-order valence-electron chi connectivity index (χ0n) is 14.6. The molecule has 0 spiro atoms. The van der Waals surface area contributed by atoms with Crippen LogP contribution < -0.4 is 0 Å². The topological polar surface area (TPSA) is 27.7 Å². The second-order valence-corrected chi connectivity index (χ2v) is 6.11. The Morgan fingerprint density at radius 3 is 2.32 bits per heavy atom. The lowest BCUT2D eigenvalue weighted by Crippen LogP contribution is -2.27. The molecule has 3 rings (SSSR count). The van der Waals surface area contributed by atoms with Gasteiger partial charge in [-0.25, -0.2) is 0 Å². The standard InChI is InChI=1S/C22H24O3/c1-2-9-20-21(17-23-16-19-12-7-4-8-13-19)25-22(24-20)15-14-18-10-5-3-6-11-18/h3-8,10-13,20-22H,2,9,16-17H2,1H3/t20-,21+,22?/m0/s1. The Kier molecular flexibility index (Phi) is 6.64. The van der Waals surface area contributed by atoms with Crippen LogP contribution in [0.15, 0.2) is 60.7 Å². The van der Waals surface area contributed by atoms with Gasteiger partial charge in [-0.2, -0.15) is 0 Å². The summed E-state index contributed by atoms with van der Waals surface area (Å²) in [4.78, 5) is 0. The molecular weight excluding hydrogens is 312 g/mol. The highest BCUT2D eigenvalue weighted by molar-refractivity contribution is 5.34. The Balaban J connectivity index is 1.54. The van der Waals surface area contributed by atoms with Crippen LogP contribution in [-0.2, 0) is 20.8 Å². The van der Waals surface area contributed by atoms with E-state index in [-0.39, 0.29) is 12.2 Å². The van der Waals surface area contributed by atoms with Crippen molar-refractivity contribution >= 4 is 0 Å². The lowest BCUT2D eigenvalue weighted by Gasteiger charge is -2.16. The molecule has 1 aliphatic rings. The summed E-state index contributed by atoms with van der Waals surface area (Å²) in [5.74, 6) is 6.19. The van der Waals surface area contributed by atoms with Crippen LogP contribution in [0.4, 0.5) is 0 Å². The summed E-state index contributed by atoms with van der Waals surface area (Å²) in [7, 11) is 0. The molecule has 0 aliphatic carbocycles. The van der Waals surface area contributed by atoms with Crippen LogP contribution in [0.3, 0.4) is 0 Å². The lowest BCUT2D eigenvalue weighted by atomic mass is 10.1. The maximum Gasteiger partial charge on any atom is 0.223 e. The second kappa shape index (κ2) is 9.39. The Hall–Kier alpha value is -2.12. The van der Waals surface area contributed by atoms with Gasteiger partial charge in [0, 0.05) is 5.56 Å². The van der Waals surface area contributed by atoms with Crippen molar-refractivity contribution in [2.75, 3.05) is 6.61 Å². The molecule has 1 heterocycles. The van der Waals surface area contributed by atoms with Crippen LogP contribution in [0.2, 0.25) is 0 Å². The van der Waals surface area contributed by atoms with Crippen molar-refractivity contribution in [3.8, 4) is 11.8 Å². The van der Waals surface area contributed by atoms with Crippen molar-refractivity contribution in [2.24, 2.45) is 0 Å². The molecule has 3 heteroatoms. The zero-order chi connectivity index (χ0) is 17.3. The highest BCUT2D eigenvalue weighted by atomic mass is 16.7. The fourth-order valence-electron chi connectivity index (χ4n) is 2.81. The quantitative estimate of drug-likeness (QED) is 0.741. The smallest absolute Gasteiger partial charge is 0.223 e. The molecule has 1 aliphatic heterocycles. The van der Waals surface area contributed by atoms with E-state index >= 15 is 0 Å². The monoisotopic (exact) mass is 336 g/mol. The van der Waals surface area contributed by atoms with Crippen molar-refractivity contribution in [2.45, 2.75) is 44.9 Å². The van der Waals surface area contributed by atoms with E-state index in [1.54, 1.807) is 0 Å². The second-order valence-electron chi connectivity index (χ2n) is 6.11.